The summed E-state index contributed by atoms with van der Waals surface area (Å²) < 4.78 is 21.8. The van der Waals surface area contributed by atoms with Gasteiger partial charge in [-0.3, -0.25) is 0 Å². The van der Waals surface area contributed by atoms with Gasteiger partial charge in [0.2, 0.25) is 5.95 Å². The molecule has 0 N–H and O–H groups in total. The van der Waals surface area contributed by atoms with Crippen molar-refractivity contribution >= 4 is 5.97 Å². The van der Waals surface area contributed by atoms with Gasteiger partial charge in [-0.1, -0.05) is 0 Å². The van der Waals surface area contributed by atoms with Gasteiger partial charge in [-0.05, 0) is 12.1 Å². The number of nitrogens with zero attached hydrogens (tertiary/aromatic N) is 1. The number of halogens is 1. The predicted molar refractivity (Wildman–Crippen MR) is 46.4 cm³/mol. The van der Waals surface area contributed by atoms with Gasteiger partial charge in [0.15, 0.2) is 0 Å². The lowest BCUT2D eigenvalue weighted by atomic mass is 10.3. The van der Waals surface area contributed by atoms with Crippen LogP contribution >= 0.6 is 0 Å². The molecule has 0 spiro atoms. The Balaban J connectivity index is 2.48. The molecule has 1 aromatic rings. The average Bonchev–Trinajstić information content (AvgIpc) is 2.19. The number of ether oxygens (including phenoxy) is 2. The first-order chi connectivity index (χ1) is 6.74. The molecule has 0 aliphatic carbocycles. The number of pyridine rings is 1. The number of rotatable bonds is 4. The van der Waals surface area contributed by atoms with Crippen LogP contribution in [0.1, 0.15) is 10.4 Å². The number of carbonyl (C=O) groups is 1. The van der Waals surface area contributed by atoms with Crippen molar-refractivity contribution in [3.05, 3.63) is 29.8 Å². The van der Waals surface area contributed by atoms with Gasteiger partial charge in [-0.15, -0.1) is 0 Å². The maximum Gasteiger partial charge on any atom is 0.339 e. The fourth-order valence-electron chi connectivity index (χ4n) is 0.798. The Hall–Kier alpha value is -1.49. The molecule has 0 atom stereocenters. The summed E-state index contributed by atoms with van der Waals surface area (Å²) in [6, 6.07) is 2.42. The van der Waals surface area contributed by atoms with E-state index in [0.717, 1.165) is 12.3 Å². The minimum absolute atomic E-state index is 0.173. The van der Waals surface area contributed by atoms with Gasteiger partial charge in [0.25, 0.3) is 0 Å². The van der Waals surface area contributed by atoms with Crippen LogP contribution in [0.2, 0.25) is 0 Å². The fraction of sp³-hybridized carbons (Fsp3) is 0.333. The molecular formula is C9H10FNO3. The quantitative estimate of drug-likeness (QED) is 0.412. The van der Waals surface area contributed by atoms with E-state index in [-0.39, 0.29) is 12.2 Å². The highest BCUT2D eigenvalue weighted by Gasteiger charge is 2.06. The van der Waals surface area contributed by atoms with Crippen LogP contribution in [0.5, 0.6) is 0 Å². The lowest BCUT2D eigenvalue weighted by molar-refractivity contribution is 0.0387. The van der Waals surface area contributed by atoms with Gasteiger partial charge in [-0.25, -0.2) is 9.78 Å². The van der Waals surface area contributed by atoms with Gasteiger partial charge in [-0.2, -0.15) is 4.39 Å². The van der Waals surface area contributed by atoms with Gasteiger partial charge >= 0.3 is 5.97 Å². The molecule has 1 heterocycles. The van der Waals surface area contributed by atoms with Crippen molar-refractivity contribution < 1.29 is 18.7 Å². The number of methoxy groups -OCH3 is 1. The Kier molecular flexibility index (Phi) is 4.00. The first-order valence-electron chi connectivity index (χ1n) is 4.01. The molecule has 0 saturated carbocycles. The monoisotopic (exact) mass is 199 g/mol. The van der Waals surface area contributed by atoms with Crippen molar-refractivity contribution in [2.75, 3.05) is 20.3 Å². The van der Waals surface area contributed by atoms with E-state index in [0.29, 0.717) is 6.61 Å². The summed E-state index contributed by atoms with van der Waals surface area (Å²) in [6.45, 7) is 0.507. The van der Waals surface area contributed by atoms with Crippen LogP contribution in [0, 0.1) is 5.95 Å². The van der Waals surface area contributed by atoms with Crippen LogP contribution in [0.25, 0.3) is 0 Å². The Morgan fingerprint density at radius 2 is 2.29 bits per heavy atom. The third-order valence-electron chi connectivity index (χ3n) is 1.48. The molecule has 1 rings (SSSR count). The molecule has 0 aliphatic heterocycles. The third kappa shape index (κ3) is 3.10. The van der Waals surface area contributed by atoms with E-state index in [1.807, 2.05) is 0 Å². The van der Waals surface area contributed by atoms with E-state index < -0.39 is 11.9 Å². The van der Waals surface area contributed by atoms with Crippen molar-refractivity contribution in [3.63, 3.8) is 0 Å². The maximum absolute atomic E-state index is 12.4. The molecule has 14 heavy (non-hydrogen) atoms. The molecule has 4 nitrogen and oxygen atoms in total. The summed E-state index contributed by atoms with van der Waals surface area (Å²) in [5.41, 5.74) is 0.225. The second-order valence-electron chi connectivity index (χ2n) is 2.50. The first kappa shape index (κ1) is 10.6. The summed E-state index contributed by atoms with van der Waals surface area (Å²) >= 11 is 0. The van der Waals surface area contributed by atoms with Gasteiger partial charge < -0.3 is 9.47 Å². The van der Waals surface area contributed by atoms with E-state index in [2.05, 4.69) is 4.98 Å². The summed E-state index contributed by atoms with van der Waals surface area (Å²) in [4.78, 5) is 14.5. The largest absolute Gasteiger partial charge is 0.460 e. The van der Waals surface area contributed by atoms with Gasteiger partial charge in [0.1, 0.15) is 6.61 Å². The van der Waals surface area contributed by atoms with Crippen molar-refractivity contribution in [2.24, 2.45) is 0 Å². The topological polar surface area (TPSA) is 48.4 Å². The molecule has 0 fully saturated rings. The highest BCUT2D eigenvalue weighted by Crippen LogP contribution is 2.00. The SMILES string of the molecule is COCCOC(=O)c1ccc(F)nc1. The van der Waals surface area contributed by atoms with Crippen LogP contribution in [0.4, 0.5) is 4.39 Å². The van der Waals surface area contributed by atoms with Gasteiger partial charge in [0.05, 0.1) is 12.2 Å². The van der Waals surface area contributed by atoms with E-state index in [1.54, 1.807) is 0 Å². The standard InChI is InChI=1S/C9H10FNO3/c1-13-4-5-14-9(12)7-2-3-8(10)11-6-7/h2-3,6H,4-5H2,1H3. The minimum Gasteiger partial charge on any atom is -0.460 e. The summed E-state index contributed by atoms with van der Waals surface area (Å²) in [5.74, 6) is -1.16. The Bertz CT molecular complexity index is 299. The number of esters is 1. The van der Waals surface area contributed by atoms with Crippen LogP contribution in [-0.2, 0) is 9.47 Å². The number of hydrogen-bond acceptors (Lipinski definition) is 4. The minimum atomic E-state index is -0.626. The average molecular weight is 199 g/mol. The number of aromatic nitrogens is 1. The predicted octanol–water partition coefficient (Wildman–Crippen LogP) is 1.02. The van der Waals surface area contributed by atoms with Crippen molar-refractivity contribution in [1.82, 2.24) is 4.98 Å². The molecule has 0 saturated heterocycles. The molecule has 5 heteroatoms. The van der Waals surface area contributed by atoms with Crippen LogP contribution < -0.4 is 0 Å². The van der Waals surface area contributed by atoms with Crippen molar-refractivity contribution in [1.29, 1.82) is 0 Å². The zero-order valence-corrected chi connectivity index (χ0v) is 7.70. The molecule has 0 unspecified atom stereocenters. The highest BCUT2D eigenvalue weighted by atomic mass is 19.1. The molecule has 0 bridgehead atoms. The Labute approximate surface area is 80.7 Å². The number of hydrogen-bond donors (Lipinski definition) is 0. The van der Waals surface area contributed by atoms with E-state index in [1.165, 1.54) is 13.2 Å². The second kappa shape index (κ2) is 5.29. The van der Waals surface area contributed by atoms with Gasteiger partial charge in [0, 0.05) is 13.3 Å². The lowest BCUT2D eigenvalue weighted by Crippen LogP contribution is -2.10. The van der Waals surface area contributed by atoms with Crippen molar-refractivity contribution in [2.45, 2.75) is 0 Å². The zero-order valence-electron chi connectivity index (χ0n) is 7.70. The lowest BCUT2D eigenvalue weighted by Gasteiger charge is -2.02. The molecule has 0 amide bonds. The first-order valence-corrected chi connectivity index (χ1v) is 4.01. The summed E-state index contributed by atoms with van der Waals surface area (Å²) in [6.07, 6.45) is 1.13. The van der Waals surface area contributed by atoms with E-state index in [4.69, 9.17) is 9.47 Å². The molecule has 0 aliphatic rings. The van der Waals surface area contributed by atoms with Crippen LogP contribution in [-0.4, -0.2) is 31.3 Å². The fourth-order valence-corrected chi connectivity index (χ4v) is 0.798. The summed E-state index contributed by atoms with van der Waals surface area (Å²) in [5, 5.41) is 0. The zero-order chi connectivity index (χ0) is 10.4. The molecule has 0 radical (unpaired) electrons. The Morgan fingerprint density at radius 1 is 1.50 bits per heavy atom. The van der Waals surface area contributed by atoms with E-state index >= 15 is 0 Å². The summed E-state index contributed by atoms with van der Waals surface area (Å²) in [7, 11) is 1.51. The normalized spacial score (nSPS) is 9.86. The molecule has 1 aromatic heterocycles. The maximum atomic E-state index is 12.4. The molecule has 0 aromatic carbocycles. The van der Waals surface area contributed by atoms with Crippen molar-refractivity contribution in [3.8, 4) is 0 Å². The third-order valence-corrected chi connectivity index (χ3v) is 1.48. The van der Waals surface area contributed by atoms with Crippen LogP contribution in [0.3, 0.4) is 0 Å². The Morgan fingerprint density at radius 3 is 2.86 bits per heavy atom. The van der Waals surface area contributed by atoms with Crippen LogP contribution in [0.15, 0.2) is 18.3 Å². The molecular weight excluding hydrogens is 189 g/mol. The van der Waals surface area contributed by atoms with E-state index in [9.17, 15) is 9.18 Å². The number of carbonyl (C=O) groups excluding carboxylic acids is 1. The molecule has 76 valence electrons. The second-order valence-corrected chi connectivity index (χ2v) is 2.50. The smallest absolute Gasteiger partial charge is 0.339 e. The highest BCUT2D eigenvalue weighted by molar-refractivity contribution is 5.88.